The Bertz CT molecular complexity index is 939. The number of carbonyl (C=O) groups excluding carboxylic acids is 1. The van der Waals surface area contributed by atoms with E-state index in [1.54, 1.807) is 13.8 Å². The molecule has 4 rings (SSSR count). The van der Waals surface area contributed by atoms with E-state index in [1.807, 2.05) is 60.7 Å². The number of fused-ring (bicyclic) bond motifs is 1. The molecule has 164 valence electrons. The number of hydrogen-bond acceptors (Lipinski definition) is 7. The predicted octanol–water partition coefficient (Wildman–Crippen LogP) is 3.68. The highest BCUT2D eigenvalue weighted by Gasteiger charge is 2.61. The fraction of sp³-hybridized carbons (Fsp3) is 0.375. The Morgan fingerprint density at radius 3 is 2.16 bits per heavy atom. The molecule has 7 heteroatoms. The van der Waals surface area contributed by atoms with Crippen molar-refractivity contribution < 1.29 is 33.2 Å². The van der Waals surface area contributed by atoms with Gasteiger partial charge in [-0.05, 0) is 11.1 Å². The van der Waals surface area contributed by atoms with Crippen molar-refractivity contribution in [2.24, 2.45) is 0 Å². The van der Waals surface area contributed by atoms with Crippen LogP contribution < -0.4 is 0 Å². The molecular formula is C24H26O7. The van der Waals surface area contributed by atoms with Crippen LogP contribution in [0.1, 0.15) is 25.0 Å². The summed E-state index contributed by atoms with van der Waals surface area (Å²) in [5, 5.41) is 0. The molecule has 0 bridgehead atoms. The second-order valence-electron chi connectivity index (χ2n) is 7.83. The first-order valence-electron chi connectivity index (χ1n) is 10.1. The quantitative estimate of drug-likeness (QED) is 0.596. The van der Waals surface area contributed by atoms with Crippen molar-refractivity contribution in [2.75, 3.05) is 13.7 Å². The number of methoxy groups -OCH3 is 1. The smallest absolute Gasteiger partial charge is 0.348 e. The molecule has 2 heterocycles. The number of esters is 1. The molecule has 2 atom stereocenters. The molecule has 1 fully saturated rings. The average molecular weight is 426 g/mol. The summed E-state index contributed by atoms with van der Waals surface area (Å²) >= 11 is 0. The third kappa shape index (κ3) is 4.44. The van der Waals surface area contributed by atoms with Crippen molar-refractivity contribution in [3.8, 4) is 0 Å². The second kappa shape index (κ2) is 8.70. The molecule has 0 radical (unpaired) electrons. The van der Waals surface area contributed by atoms with Gasteiger partial charge < -0.3 is 28.4 Å². The fourth-order valence-electron chi connectivity index (χ4n) is 3.58. The molecular weight excluding hydrogens is 400 g/mol. The van der Waals surface area contributed by atoms with E-state index in [-0.39, 0.29) is 19.0 Å². The summed E-state index contributed by atoms with van der Waals surface area (Å²) in [7, 11) is 1.30. The SMILES string of the molecule is COC(=O)C1(COCc2ccccc2)O[C@@H]2OC(C)(C)OC2=C1OCc1ccccc1. The maximum absolute atomic E-state index is 12.9. The largest absolute Gasteiger partial charge is 0.486 e. The molecule has 7 nitrogen and oxygen atoms in total. The zero-order valence-corrected chi connectivity index (χ0v) is 17.8. The van der Waals surface area contributed by atoms with E-state index < -0.39 is 23.6 Å². The van der Waals surface area contributed by atoms with Crippen LogP contribution in [0.3, 0.4) is 0 Å². The van der Waals surface area contributed by atoms with E-state index in [0.29, 0.717) is 12.4 Å². The highest BCUT2D eigenvalue weighted by Crippen LogP contribution is 2.46. The van der Waals surface area contributed by atoms with Crippen molar-refractivity contribution in [1.82, 2.24) is 0 Å². The molecule has 31 heavy (non-hydrogen) atoms. The number of rotatable bonds is 8. The van der Waals surface area contributed by atoms with Gasteiger partial charge in [-0.3, -0.25) is 0 Å². The van der Waals surface area contributed by atoms with Gasteiger partial charge in [-0.1, -0.05) is 60.7 Å². The predicted molar refractivity (Wildman–Crippen MR) is 110 cm³/mol. The summed E-state index contributed by atoms with van der Waals surface area (Å²) in [6.07, 6.45) is -0.889. The highest BCUT2D eigenvalue weighted by atomic mass is 16.8. The summed E-state index contributed by atoms with van der Waals surface area (Å²) in [6.45, 7) is 3.93. The summed E-state index contributed by atoms with van der Waals surface area (Å²) in [5.74, 6) is -1.01. The molecule has 2 aromatic rings. The van der Waals surface area contributed by atoms with E-state index in [9.17, 15) is 4.79 Å². The first-order chi connectivity index (χ1) is 14.9. The van der Waals surface area contributed by atoms with Crippen molar-refractivity contribution in [2.45, 2.75) is 44.7 Å². The molecule has 0 aliphatic carbocycles. The molecule has 0 saturated carbocycles. The van der Waals surface area contributed by atoms with Crippen molar-refractivity contribution in [3.63, 3.8) is 0 Å². The Morgan fingerprint density at radius 1 is 0.935 bits per heavy atom. The molecule has 1 saturated heterocycles. The lowest BCUT2D eigenvalue weighted by atomic mass is 10.0. The van der Waals surface area contributed by atoms with Crippen molar-refractivity contribution in [1.29, 1.82) is 0 Å². The van der Waals surface area contributed by atoms with Gasteiger partial charge in [0.1, 0.15) is 6.61 Å². The Morgan fingerprint density at radius 2 is 1.55 bits per heavy atom. The normalized spacial score (nSPS) is 23.9. The Balaban J connectivity index is 1.61. The summed E-state index contributed by atoms with van der Waals surface area (Å²) < 4.78 is 34.9. The summed E-state index contributed by atoms with van der Waals surface area (Å²) in [4.78, 5) is 12.9. The molecule has 0 amide bonds. The first kappa shape index (κ1) is 21.4. The molecule has 0 aromatic heterocycles. The average Bonchev–Trinajstić information content (AvgIpc) is 3.22. The van der Waals surface area contributed by atoms with Gasteiger partial charge in [-0.15, -0.1) is 0 Å². The minimum atomic E-state index is -1.63. The van der Waals surface area contributed by atoms with E-state index in [0.717, 1.165) is 11.1 Å². The van der Waals surface area contributed by atoms with Crippen molar-refractivity contribution >= 4 is 5.97 Å². The minimum absolute atomic E-state index is 0.119. The maximum Gasteiger partial charge on any atom is 0.348 e. The number of hydrogen-bond donors (Lipinski definition) is 0. The second-order valence-corrected chi connectivity index (χ2v) is 7.83. The van der Waals surface area contributed by atoms with Crippen LogP contribution in [0.4, 0.5) is 0 Å². The van der Waals surface area contributed by atoms with E-state index in [4.69, 9.17) is 28.4 Å². The zero-order chi connectivity index (χ0) is 21.9. The standard InChI is InChI=1S/C24H26O7/c1-23(2)29-19-20(28-15-18-12-8-5-9-13-18)24(22(25)26-3,31-21(19)30-23)16-27-14-17-10-6-4-7-11-17/h4-13,21H,14-16H2,1-3H3/t21-,24?/m0/s1. The molecule has 2 aromatic carbocycles. The topological polar surface area (TPSA) is 72.5 Å². The van der Waals surface area contributed by atoms with Crippen LogP contribution in [0.5, 0.6) is 0 Å². The lowest BCUT2D eigenvalue weighted by molar-refractivity contribution is -0.238. The van der Waals surface area contributed by atoms with Gasteiger partial charge >= 0.3 is 5.97 Å². The number of ether oxygens (including phenoxy) is 6. The molecule has 0 N–H and O–H groups in total. The lowest BCUT2D eigenvalue weighted by Gasteiger charge is -2.30. The van der Waals surface area contributed by atoms with Gasteiger partial charge in [0, 0.05) is 13.8 Å². The van der Waals surface area contributed by atoms with E-state index in [2.05, 4.69) is 0 Å². The van der Waals surface area contributed by atoms with Gasteiger partial charge in [-0.2, -0.15) is 0 Å². The maximum atomic E-state index is 12.9. The first-order valence-corrected chi connectivity index (χ1v) is 10.1. The number of benzene rings is 2. The van der Waals surface area contributed by atoms with Crippen LogP contribution in [-0.2, 0) is 46.4 Å². The zero-order valence-electron chi connectivity index (χ0n) is 17.8. The molecule has 1 unspecified atom stereocenters. The Labute approximate surface area is 181 Å². The van der Waals surface area contributed by atoms with Gasteiger partial charge in [0.15, 0.2) is 11.5 Å². The summed E-state index contributed by atoms with van der Waals surface area (Å²) in [5.41, 5.74) is 0.268. The van der Waals surface area contributed by atoms with Crippen LogP contribution >= 0.6 is 0 Å². The van der Waals surface area contributed by atoms with Gasteiger partial charge in [-0.25, -0.2) is 4.79 Å². The third-order valence-corrected chi connectivity index (χ3v) is 5.02. The molecule has 2 aliphatic rings. The van der Waals surface area contributed by atoms with Gasteiger partial charge in [0.05, 0.1) is 20.3 Å². The fourth-order valence-corrected chi connectivity index (χ4v) is 3.58. The van der Waals surface area contributed by atoms with Gasteiger partial charge in [0.2, 0.25) is 12.1 Å². The molecule has 0 spiro atoms. The highest BCUT2D eigenvalue weighted by molar-refractivity contribution is 5.84. The van der Waals surface area contributed by atoms with Crippen LogP contribution in [0, 0.1) is 0 Å². The van der Waals surface area contributed by atoms with Crippen LogP contribution in [0.2, 0.25) is 0 Å². The number of carbonyl (C=O) groups is 1. The third-order valence-electron chi connectivity index (χ3n) is 5.02. The lowest BCUT2D eigenvalue weighted by Crippen LogP contribution is -2.48. The molecule has 2 aliphatic heterocycles. The Hall–Kier alpha value is -2.87. The Kier molecular flexibility index (Phi) is 6.00. The van der Waals surface area contributed by atoms with Crippen molar-refractivity contribution in [3.05, 3.63) is 83.3 Å². The van der Waals surface area contributed by atoms with E-state index in [1.165, 1.54) is 7.11 Å². The summed E-state index contributed by atoms with van der Waals surface area (Å²) in [6, 6.07) is 19.3. The monoisotopic (exact) mass is 426 g/mol. The van der Waals surface area contributed by atoms with Gasteiger partial charge in [0.25, 0.3) is 5.60 Å². The minimum Gasteiger partial charge on any atom is -0.486 e. The van der Waals surface area contributed by atoms with Crippen LogP contribution in [-0.4, -0.2) is 37.4 Å². The van der Waals surface area contributed by atoms with Crippen LogP contribution in [0.25, 0.3) is 0 Å². The van der Waals surface area contributed by atoms with E-state index >= 15 is 0 Å². The van der Waals surface area contributed by atoms with Crippen LogP contribution in [0.15, 0.2) is 72.2 Å².